The summed E-state index contributed by atoms with van der Waals surface area (Å²) in [7, 11) is 0. The first kappa shape index (κ1) is 11.5. The Balaban J connectivity index is 1.61. The molecule has 0 radical (unpaired) electrons. The third-order valence-electron chi connectivity index (χ3n) is 5.69. The maximum atomic E-state index is 12.9. The van der Waals surface area contributed by atoms with E-state index >= 15 is 0 Å². The van der Waals surface area contributed by atoms with Gasteiger partial charge in [-0.15, -0.1) is 0 Å². The fourth-order valence-electron chi connectivity index (χ4n) is 4.72. The van der Waals surface area contributed by atoms with Crippen molar-refractivity contribution < 1.29 is 9.59 Å². The van der Waals surface area contributed by atoms with Gasteiger partial charge < -0.3 is 0 Å². The molecule has 4 aliphatic carbocycles. The first-order valence-electron chi connectivity index (χ1n) is 7.57. The van der Waals surface area contributed by atoms with E-state index in [1.165, 1.54) is 4.90 Å². The van der Waals surface area contributed by atoms with Crippen molar-refractivity contribution in [1.82, 2.24) is 0 Å². The number of carbonyl (C=O) groups is 2. The van der Waals surface area contributed by atoms with Crippen LogP contribution in [-0.4, -0.2) is 11.8 Å². The summed E-state index contributed by atoms with van der Waals surface area (Å²) in [6.45, 7) is 0. The van der Waals surface area contributed by atoms with Crippen LogP contribution in [0.15, 0.2) is 54.6 Å². The molecule has 1 aliphatic heterocycles. The molecule has 2 fully saturated rings. The van der Waals surface area contributed by atoms with Crippen LogP contribution < -0.4 is 4.90 Å². The van der Waals surface area contributed by atoms with Gasteiger partial charge in [0, 0.05) is 0 Å². The van der Waals surface area contributed by atoms with Gasteiger partial charge in [-0.2, -0.15) is 0 Å². The number of imide groups is 1. The molecule has 5 aliphatic rings. The summed E-state index contributed by atoms with van der Waals surface area (Å²) in [5.74, 6) is 1.03. The second-order valence-electron chi connectivity index (χ2n) is 6.48. The van der Waals surface area contributed by atoms with Crippen LogP contribution in [0.3, 0.4) is 0 Å². The molecular weight excluding hydrogens is 262 g/mol. The average molecular weight is 277 g/mol. The van der Waals surface area contributed by atoms with E-state index in [1.807, 2.05) is 30.3 Å². The van der Waals surface area contributed by atoms with Gasteiger partial charge >= 0.3 is 0 Å². The van der Waals surface area contributed by atoms with Gasteiger partial charge in [0.05, 0.1) is 17.5 Å². The van der Waals surface area contributed by atoms with E-state index in [9.17, 15) is 9.59 Å². The SMILES string of the molecule is O=C1C2C3C=CC(C4C=CC43)C2C(=O)N1c1ccccc1. The Morgan fingerprint density at radius 1 is 0.667 bits per heavy atom. The zero-order valence-corrected chi connectivity index (χ0v) is 11.4. The van der Waals surface area contributed by atoms with Crippen molar-refractivity contribution in [3.05, 3.63) is 54.6 Å². The van der Waals surface area contributed by atoms with Crippen LogP contribution in [-0.2, 0) is 9.59 Å². The van der Waals surface area contributed by atoms with Crippen molar-refractivity contribution in [1.29, 1.82) is 0 Å². The Morgan fingerprint density at radius 2 is 1.14 bits per heavy atom. The lowest BCUT2D eigenvalue weighted by Gasteiger charge is -2.51. The molecule has 1 saturated carbocycles. The van der Waals surface area contributed by atoms with Crippen LogP contribution in [0.2, 0.25) is 0 Å². The monoisotopic (exact) mass is 277 g/mol. The minimum Gasteiger partial charge on any atom is -0.274 e. The van der Waals surface area contributed by atoms with E-state index in [0.717, 1.165) is 0 Å². The highest BCUT2D eigenvalue weighted by Crippen LogP contribution is 2.58. The number of hydrogen-bond acceptors (Lipinski definition) is 2. The number of para-hydroxylation sites is 1. The zero-order valence-electron chi connectivity index (χ0n) is 11.4. The molecular formula is C18H15NO2. The Labute approximate surface area is 122 Å². The second kappa shape index (κ2) is 3.73. The molecule has 6 unspecified atom stereocenters. The minimum atomic E-state index is -0.154. The number of rotatable bonds is 1. The molecule has 0 aromatic heterocycles. The maximum Gasteiger partial charge on any atom is 0.238 e. The van der Waals surface area contributed by atoms with Crippen LogP contribution in [0.5, 0.6) is 0 Å². The first-order valence-corrected chi connectivity index (χ1v) is 7.57. The highest BCUT2D eigenvalue weighted by molar-refractivity contribution is 6.22. The maximum absolute atomic E-state index is 12.9. The zero-order chi connectivity index (χ0) is 14.1. The quantitative estimate of drug-likeness (QED) is 0.584. The predicted molar refractivity (Wildman–Crippen MR) is 78.2 cm³/mol. The van der Waals surface area contributed by atoms with Gasteiger partial charge in [0.25, 0.3) is 0 Å². The summed E-state index contributed by atoms with van der Waals surface area (Å²) in [5.41, 5.74) is 0.710. The number of anilines is 1. The topological polar surface area (TPSA) is 37.4 Å². The number of nitrogens with zero attached hydrogens (tertiary/aromatic N) is 1. The Kier molecular flexibility index (Phi) is 2.04. The van der Waals surface area contributed by atoms with Crippen molar-refractivity contribution in [3.8, 4) is 0 Å². The molecule has 1 saturated heterocycles. The van der Waals surface area contributed by atoms with Gasteiger partial charge in [-0.3, -0.25) is 14.5 Å². The normalized spacial score (nSPS) is 42.0. The van der Waals surface area contributed by atoms with Gasteiger partial charge in [0.2, 0.25) is 11.8 Å². The number of benzene rings is 1. The van der Waals surface area contributed by atoms with Gasteiger partial charge in [0.1, 0.15) is 0 Å². The largest absolute Gasteiger partial charge is 0.274 e. The van der Waals surface area contributed by atoms with Crippen molar-refractivity contribution in [2.45, 2.75) is 0 Å². The highest BCUT2D eigenvalue weighted by Gasteiger charge is 2.62. The molecule has 6 atom stereocenters. The molecule has 1 aromatic rings. The van der Waals surface area contributed by atoms with Crippen LogP contribution in [0.1, 0.15) is 0 Å². The lowest BCUT2D eigenvalue weighted by Crippen LogP contribution is -2.50. The molecule has 21 heavy (non-hydrogen) atoms. The van der Waals surface area contributed by atoms with Crippen molar-refractivity contribution in [2.75, 3.05) is 4.90 Å². The highest BCUT2D eigenvalue weighted by atomic mass is 16.2. The van der Waals surface area contributed by atoms with Crippen LogP contribution in [0.4, 0.5) is 5.69 Å². The standard InChI is InChI=1S/C18H15NO2/c20-17-15-13-8-9-14(12-7-6-11(12)13)16(15)18(21)19(17)10-4-2-1-3-5-10/h1-9,11-16H. The fraction of sp³-hybridized carbons (Fsp3) is 0.333. The Hall–Kier alpha value is -2.16. The summed E-state index contributed by atoms with van der Waals surface area (Å²) in [6.07, 6.45) is 8.78. The van der Waals surface area contributed by atoms with Gasteiger partial charge in [-0.05, 0) is 35.8 Å². The van der Waals surface area contributed by atoms with Crippen molar-refractivity contribution in [3.63, 3.8) is 0 Å². The summed E-state index contributed by atoms with van der Waals surface area (Å²) in [6, 6.07) is 9.33. The summed E-state index contributed by atoms with van der Waals surface area (Å²) in [4.78, 5) is 27.2. The predicted octanol–water partition coefficient (Wildman–Crippen LogP) is 2.41. The number of allylic oxidation sites excluding steroid dienone is 4. The Bertz CT molecular complexity index is 665. The molecule has 2 amide bonds. The van der Waals surface area contributed by atoms with E-state index in [1.54, 1.807) is 0 Å². The number of carbonyl (C=O) groups excluding carboxylic acids is 2. The third kappa shape index (κ3) is 1.25. The van der Waals surface area contributed by atoms with E-state index < -0.39 is 0 Å². The molecule has 3 nitrogen and oxygen atoms in total. The Morgan fingerprint density at radius 3 is 1.62 bits per heavy atom. The number of amides is 2. The van der Waals surface area contributed by atoms with Crippen LogP contribution >= 0.6 is 0 Å². The molecule has 2 bridgehead atoms. The lowest BCUT2D eigenvalue weighted by atomic mass is 9.50. The van der Waals surface area contributed by atoms with E-state index in [2.05, 4.69) is 24.3 Å². The number of hydrogen-bond donors (Lipinski definition) is 0. The lowest BCUT2D eigenvalue weighted by molar-refractivity contribution is -0.127. The van der Waals surface area contributed by atoms with Gasteiger partial charge in [-0.1, -0.05) is 42.5 Å². The molecule has 0 spiro atoms. The van der Waals surface area contributed by atoms with E-state index in [-0.39, 0.29) is 35.5 Å². The molecule has 6 rings (SSSR count). The molecule has 104 valence electrons. The molecule has 1 aromatic carbocycles. The van der Waals surface area contributed by atoms with Gasteiger partial charge in [0.15, 0.2) is 0 Å². The van der Waals surface area contributed by atoms with Crippen molar-refractivity contribution >= 4 is 17.5 Å². The van der Waals surface area contributed by atoms with Crippen LogP contribution in [0, 0.1) is 35.5 Å². The summed E-state index contributed by atoms with van der Waals surface area (Å²) >= 11 is 0. The summed E-state index contributed by atoms with van der Waals surface area (Å²) < 4.78 is 0. The summed E-state index contributed by atoms with van der Waals surface area (Å²) in [5, 5.41) is 0. The average Bonchev–Trinajstić information content (AvgIpc) is 2.73. The molecule has 1 heterocycles. The second-order valence-corrected chi connectivity index (χ2v) is 6.48. The molecule has 3 heteroatoms. The third-order valence-corrected chi connectivity index (χ3v) is 5.69. The smallest absolute Gasteiger partial charge is 0.238 e. The minimum absolute atomic E-state index is 0.00528. The van der Waals surface area contributed by atoms with Crippen LogP contribution in [0.25, 0.3) is 0 Å². The van der Waals surface area contributed by atoms with Gasteiger partial charge in [-0.25, -0.2) is 0 Å². The fourth-order valence-corrected chi connectivity index (χ4v) is 4.72. The first-order chi connectivity index (χ1) is 10.3. The van der Waals surface area contributed by atoms with Crippen molar-refractivity contribution in [2.24, 2.45) is 35.5 Å². The van der Waals surface area contributed by atoms with E-state index in [0.29, 0.717) is 17.5 Å². The molecule has 0 N–H and O–H groups in total. The van der Waals surface area contributed by atoms with E-state index in [4.69, 9.17) is 0 Å².